The zero-order valence-electron chi connectivity index (χ0n) is 6.69. The number of fused-ring (bicyclic) bond motifs is 1. The minimum absolute atomic E-state index is 0.00321. The molecule has 0 saturated heterocycles. The normalized spacial score (nSPS) is 10.9. The lowest BCUT2D eigenvalue weighted by Crippen LogP contribution is -1.84. The third-order valence-corrected chi connectivity index (χ3v) is 2.88. The minimum atomic E-state index is -0.523. The Kier molecular flexibility index (Phi) is 2.52. The molecule has 2 rings (SSSR count). The Morgan fingerprint density at radius 1 is 1.07 bits per heavy atom. The van der Waals surface area contributed by atoms with Gasteiger partial charge in [-0.15, -0.1) is 0 Å². The first kappa shape index (κ1) is 9.97. The van der Waals surface area contributed by atoms with E-state index in [1.54, 1.807) is 0 Å². The van der Waals surface area contributed by atoms with Gasteiger partial charge >= 0.3 is 0 Å². The molecule has 0 aliphatic heterocycles. The fourth-order valence-corrected chi connectivity index (χ4v) is 1.64. The highest BCUT2D eigenvalue weighted by Crippen LogP contribution is 2.31. The molecule has 0 unspecified atom stereocenters. The van der Waals surface area contributed by atoms with E-state index >= 15 is 0 Å². The summed E-state index contributed by atoms with van der Waals surface area (Å²) in [5.74, 6) is -0.523. The summed E-state index contributed by atoms with van der Waals surface area (Å²) in [6, 6.07) is 2.63. The first-order valence-electron chi connectivity index (χ1n) is 3.68. The lowest BCUT2D eigenvalue weighted by Gasteiger charge is -2.02. The Bertz CT molecular complexity index is 513. The van der Waals surface area contributed by atoms with Gasteiger partial charge in [0.25, 0.3) is 0 Å². The van der Waals surface area contributed by atoms with Gasteiger partial charge in [-0.1, -0.05) is 34.8 Å². The van der Waals surface area contributed by atoms with Gasteiger partial charge in [-0.05, 0) is 6.07 Å². The van der Waals surface area contributed by atoms with Crippen molar-refractivity contribution in [2.24, 2.45) is 0 Å². The summed E-state index contributed by atoms with van der Waals surface area (Å²) in [7, 11) is 0. The topological polar surface area (TPSA) is 12.9 Å². The zero-order valence-corrected chi connectivity index (χ0v) is 8.96. The van der Waals surface area contributed by atoms with Crippen LogP contribution < -0.4 is 0 Å². The van der Waals surface area contributed by atoms with Crippen LogP contribution in [0.1, 0.15) is 0 Å². The van der Waals surface area contributed by atoms with Crippen molar-refractivity contribution in [1.29, 1.82) is 0 Å². The van der Waals surface area contributed by atoms with Crippen LogP contribution in [0.4, 0.5) is 4.39 Å². The molecule has 1 aromatic heterocycles. The summed E-state index contributed by atoms with van der Waals surface area (Å²) in [5.41, 5.74) is 0.432. The summed E-state index contributed by atoms with van der Waals surface area (Å²) in [4.78, 5) is 3.93. The van der Waals surface area contributed by atoms with E-state index in [0.717, 1.165) is 0 Å². The number of rotatable bonds is 0. The number of benzene rings is 1. The third kappa shape index (κ3) is 1.54. The largest absolute Gasteiger partial charge is 0.254 e. The smallest absolute Gasteiger partial charge is 0.143 e. The molecular formula is C9H3Cl3FN. The van der Waals surface area contributed by atoms with Crippen LogP contribution >= 0.6 is 34.8 Å². The molecule has 0 saturated carbocycles. The molecule has 0 bridgehead atoms. The quantitative estimate of drug-likeness (QED) is 0.678. The van der Waals surface area contributed by atoms with Gasteiger partial charge in [-0.3, -0.25) is 4.98 Å². The van der Waals surface area contributed by atoms with Gasteiger partial charge in [-0.25, -0.2) is 4.39 Å². The molecule has 5 heteroatoms. The van der Waals surface area contributed by atoms with Gasteiger partial charge in [-0.2, -0.15) is 0 Å². The number of halogens is 4. The van der Waals surface area contributed by atoms with Crippen molar-refractivity contribution in [3.63, 3.8) is 0 Å². The van der Waals surface area contributed by atoms with Gasteiger partial charge in [0.15, 0.2) is 0 Å². The van der Waals surface area contributed by atoms with Crippen molar-refractivity contribution >= 4 is 45.7 Å². The van der Waals surface area contributed by atoms with Gasteiger partial charge in [0.1, 0.15) is 5.82 Å². The van der Waals surface area contributed by atoms with Crippen molar-refractivity contribution in [3.8, 4) is 0 Å². The Morgan fingerprint density at radius 2 is 1.79 bits per heavy atom. The van der Waals surface area contributed by atoms with Crippen LogP contribution in [-0.2, 0) is 0 Å². The van der Waals surface area contributed by atoms with Crippen LogP contribution in [0.2, 0.25) is 15.1 Å². The standard InChI is InChI=1S/C9H3Cl3FN/c10-5-1-4-8(2-7(5)13)14-3-6(11)9(4)12/h1-3H. The van der Waals surface area contributed by atoms with Gasteiger partial charge < -0.3 is 0 Å². The third-order valence-electron chi connectivity index (χ3n) is 1.80. The predicted octanol–water partition coefficient (Wildman–Crippen LogP) is 4.33. The van der Waals surface area contributed by atoms with Crippen LogP contribution in [0.5, 0.6) is 0 Å². The van der Waals surface area contributed by atoms with Gasteiger partial charge in [0, 0.05) is 17.6 Å². The van der Waals surface area contributed by atoms with E-state index in [1.807, 2.05) is 0 Å². The summed E-state index contributed by atoms with van der Waals surface area (Å²) in [5, 5.41) is 1.20. The van der Waals surface area contributed by atoms with Gasteiger partial charge in [0.05, 0.1) is 20.6 Å². The Balaban J connectivity index is 2.89. The number of hydrogen-bond donors (Lipinski definition) is 0. The molecular weight excluding hydrogens is 247 g/mol. The summed E-state index contributed by atoms with van der Waals surface area (Å²) >= 11 is 17.3. The fraction of sp³-hybridized carbons (Fsp3) is 0. The Hall–Kier alpha value is -0.570. The highest BCUT2D eigenvalue weighted by molar-refractivity contribution is 6.45. The molecule has 2 aromatic rings. The van der Waals surface area contributed by atoms with Crippen molar-refractivity contribution < 1.29 is 4.39 Å². The Morgan fingerprint density at radius 3 is 2.50 bits per heavy atom. The van der Waals surface area contributed by atoms with Crippen LogP contribution in [-0.4, -0.2) is 4.98 Å². The number of pyridine rings is 1. The first-order valence-corrected chi connectivity index (χ1v) is 4.82. The van der Waals surface area contributed by atoms with Crippen molar-refractivity contribution in [1.82, 2.24) is 4.98 Å². The van der Waals surface area contributed by atoms with E-state index in [2.05, 4.69) is 4.98 Å². The lowest BCUT2D eigenvalue weighted by molar-refractivity contribution is 0.630. The first-order chi connectivity index (χ1) is 6.59. The molecule has 0 amide bonds. The van der Waals surface area contributed by atoms with Crippen LogP contribution in [0, 0.1) is 5.82 Å². The highest BCUT2D eigenvalue weighted by atomic mass is 35.5. The number of aromatic nitrogens is 1. The molecule has 1 aromatic carbocycles. The van der Waals surface area contributed by atoms with Crippen LogP contribution in [0.15, 0.2) is 18.3 Å². The molecule has 0 aliphatic carbocycles. The average Bonchev–Trinajstić information content (AvgIpc) is 2.15. The molecule has 0 fully saturated rings. The Labute approximate surface area is 94.4 Å². The maximum absolute atomic E-state index is 13.0. The molecule has 14 heavy (non-hydrogen) atoms. The molecule has 72 valence electrons. The van der Waals surface area contributed by atoms with E-state index in [9.17, 15) is 4.39 Å². The minimum Gasteiger partial charge on any atom is -0.254 e. The number of nitrogens with zero attached hydrogens (tertiary/aromatic N) is 1. The monoisotopic (exact) mass is 249 g/mol. The zero-order chi connectivity index (χ0) is 10.3. The van der Waals surface area contributed by atoms with E-state index in [-0.39, 0.29) is 5.02 Å². The molecule has 1 heterocycles. The van der Waals surface area contributed by atoms with Gasteiger partial charge in [0.2, 0.25) is 0 Å². The summed E-state index contributed by atoms with van der Waals surface area (Å²) in [6.45, 7) is 0. The SMILES string of the molecule is Fc1cc2ncc(Cl)c(Cl)c2cc1Cl. The van der Waals surface area contributed by atoms with E-state index < -0.39 is 5.82 Å². The molecule has 1 nitrogen and oxygen atoms in total. The van der Waals surface area contributed by atoms with Crippen LogP contribution in [0.3, 0.4) is 0 Å². The average molecular weight is 250 g/mol. The predicted molar refractivity (Wildman–Crippen MR) is 56.7 cm³/mol. The second kappa shape index (κ2) is 3.54. The van der Waals surface area contributed by atoms with Crippen molar-refractivity contribution in [2.75, 3.05) is 0 Å². The maximum Gasteiger partial charge on any atom is 0.143 e. The van der Waals surface area contributed by atoms with E-state index in [4.69, 9.17) is 34.8 Å². The van der Waals surface area contributed by atoms with E-state index in [0.29, 0.717) is 20.9 Å². The second-order valence-electron chi connectivity index (χ2n) is 2.70. The second-order valence-corrected chi connectivity index (χ2v) is 3.90. The summed E-state index contributed by atoms with van der Waals surface area (Å²) in [6.07, 6.45) is 1.37. The molecule has 0 radical (unpaired) electrons. The number of hydrogen-bond acceptors (Lipinski definition) is 1. The maximum atomic E-state index is 13.0. The molecule has 0 atom stereocenters. The lowest BCUT2D eigenvalue weighted by atomic mass is 10.2. The van der Waals surface area contributed by atoms with Crippen LogP contribution in [0.25, 0.3) is 10.9 Å². The molecule has 0 spiro atoms. The molecule has 0 aliphatic rings. The fourth-order valence-electron chi connectivity index (χ4n) is 1.13. The highest BCUT2D eigenvalue weighted by Gasteiger charge is 2.08. The van der Waals surface area contributed by atoms with E-state index in [1.165, 1.54) is 18.3 Å². The molecule has 0 N–H and O–H groups in total. The van der Waals surface area contributed by atoms with Crippen molar-refractivity contribution in [2.45, 2.75) is 0 Å². The summed E-state index contributed by atoms with van der Waals surface area (Å²) < 4.78 is 13.0. The van der Waals surface area contributed by atoms with Crippen molar-refractivity contribution in [3.05, 3.63) is 39.2 Å².